The summed E-state index contributed by atoms with van der Waals surface area (Å²) in [7, 11) is 0. The van der Waals surface area contributed by atoms with E-state index in [2.05, 4.69) is 26.1 Å². The summed E-state index contributed by atoms with van der Waals surface area (Å²) in [6, 6.07) is 14.0. The van der Waals surface area contributed by atoms with Crippen LogP contribution in [0.2, 0.25) is 5.02 Å². The van der Waals surface area contributed by atoms with E-state index in [1.807, 2.05) is 36.4 Å². The fraction of sp³-hybridized carbons (Fsp3) is 0.318. The fourth-order valence-corrected chi connectivity index (χ4v) is 4.38. The summed E-state index contributed by atoms with van der Waals surface area (Å²) in [6.07, 6.45) is 7.55. The minimum Gasteiger partial charge on any atom is -0.485 e. The molecule has 0 saturated carbocycles. The van der Waals surface area contributed by atoms with Crippen LogP contribution in [0.1, 0.15) is 24.8 Å². The number of fused-ring (bicyclic) bond motifs is 1. The molecule has 0 bridgehead atoms. The lowest BCUT2D eigenvalue weighted by atomic mass is 9.83. The Bertz CT molecular complexity index is 970. The zero-order valence-corrected chi connectivity index (χ0v) is 16.3. The molecule has 0 atom stereocenters. The Morgan fingerprint density at radius 3 is 2.61 bits per heavy atom. The number of halogens is 1. The summed E-state index contributed by atoms with van der Waals surface area (Å²) in [4.78, 5) is 6.43. The minimum absolute atomic E-state index is 0.114. The molecule has 0 radical (unpaired) electrons. The van der Waals surface area contributed by atoms with Gasteiger partial charge >= 0.3 is 0 Å². The maximum absolute atomic E-state index is 6.45. The third-order valence-electron chi connectivity index (χ3n) is 5.82. The Balaban J connectivity index is 1.28. The maximum Gasteiger partial charge on any atom is 0.151 e. The average molecular weight is 393 g/mol. The predicted molar refractivity (Wildman–Crippen MR) is 110 cm³/mol. The third-order valence-corrected chi connectivity index (χ3v) is 6.12. The molecule has 0 aliphatic carbocycles. The zero-order chi connectivity index (χ0) is 19.0. The Kier molecular flexibility index (Phi) is 4.40. The second-order valence-corrected chi connectivity index (χ2v) is 7.93. The number of pyridine rings is 1. The molecule has 3 aromatic rings. The van der Waals surface area contributed by atoms with Crippen LogP contribution in [0.4, 0.5) is 5.82 Å². The van der Waals surface area contributed by atoms with Crippen LogP contribution < -0.4 is 9.64 Å². The van der Waals surface area contributed by atoms with E-state index < -0.39 is 0 Å². The molecule has 6 heteroatoms. The van der Waals surface area contributed by atoms with Gasteiger partial charge in [-0.05, 0) is 48.7 Å². The number of ether oxygens (including phenoxy) is 1. The molecule has 5 nitrogen and oxygen atoms in total. The first kappa shape index (κ1) is 17.4. The van der Waals surface area contributed by atoms with Gasteiger partial charge in [0, 0.05) is 43.9 Å². The van der Waals surface area contributed by atoms with Crippen LogP contribution in [-0.4, -0.2) is 33.9 Å². The van der Waals surface area contributed by atoms with Crippen LogP contribution in [-0.2, 0) is 6.42 Å². The molecule has 2 aromatic heterocycles. The van der Waals surface area contributed by atoms with Crippen molar-refractivity contribution in [2.24, 2.45) is 0 Å². The number of anilines is 1. The summed E-state index contributed by atoms with van der Waals surface area (Å²) >= 11 is 6.38. The van der Waals surface area contributed by atoms with E-state index in [1.165, 1.54) is 5.56 Å². The largest absolute Gasteiger partial charge is 0.485 e. The Hall–Kier alpha value is -2.66. The highest BCUT2D eigenvalue weighted by atomic mass is 35.5. The zero-order valence-electron chi connectivity index (χ0n) is 15.5. The number of aryl methyl sites for hydroxylation is 1. The summed E-state index contributed by atoms with van der Waals surface area (Å²) in [5.74, 6) is 1.79. The van der Waals surface area contributed by atoms with Crippen molar-refractivity contribution in [2.75, 3.05) is 18.0 Å². The number of nitrogens with zero attached hydrogens (tertiary/aromatic N) is 4. The standard InChI is InChI=1S/C22H21ClN4O/c23-18-5-1-3-16-8-9-22(28-21(16)18)10-13-27(14-11-22)20-7-6-19(25-26-20)17-4-2-12-24-15-17/h1-7,12,15H,8-11,13-14H2. The summed E-state index contributed by atoms with van der Waals surface area (Å²) in [6.45, 7) is 1.81. The van der Waals surface area contributed by atoms with Crippen molar-refractivity contribution in [3.8, 4) is 17.0 Å². The number of piperidine rings is 1. The van der Waals surface area contributed by atoms with Crippen LogP contribution in [0, 0.1) is 0 Å². The SMILES string of the molecule is Clc1cccc2c1OC1(CC2)CCN(c2ccc(-c3cccnc3)nn2)CC1. The van der Waals surface area contributed by atoms with E-state index in [0.717, 1.165) is 66.6 Å². The number of aromatic nitrogens is 3. The molecule has 0 amide bonds. The quantitative estimate of drug-likeness (QED) is 0.640. The van der Waals surface area contributed by atoms with E-state index in [4.69, 9.17) is 16.3 Å². The molecular formula is C22H21ClN4O. The monoisotopic (exact) mass is 392 g/mol. The Morgan fingerprint density at radius 1 is 0.964 bits per heavy atom. The number of hydrogen-bond acceptors (Lipinski definition) is 5. The van der Waals surface area contributed by atoms with Gasteiger partial charge in [0.25, 0.3) is 0 Å². The number of benzene rings is 1. The first-order valence-corrected chi connectivity index (χ1v) is 10.1. The number of hydrogen-bond donors (Lipinski definition) is 0. The van der Waals surface area contributed by atoms with Crippen LogP contribution in [0.25, 0.3) is 11.3 Å². The van der Waals surface area contributed by atoms with Crippen molar-refractivity contribution >= 4 is 17.4 Å². The highest BCUT2D eigenvalue weighted by Gasteiger charge is 2.40. The highest BCUT2D eigenvalue weighted by molar-refractivity contribution is 6.32. The maximum atomic E-state index is 6.45. The van der Waals surface area contributed by atoms with Gasteiger partial charge in [-0.1, -0.05) is 23.7 Å². The molecule has 2 aliphatic heterocycles. The highest BCUT2D eigenvalue weighted by Crippen LogP contribution is 2.43. The van der Waals surface area contributed by atoms with Crippen LogP contribution in [0.5, 0.6) is 5.75 Å². The van der Waals surface area contributed by atoms with Crippen molar-refractivity contribution in [3.05, 3.63) is 65.4 Å². The molecule has 0 N–H and O–H groups in total. The molecule has 28 heavy (non-hydrogen) atoms. The summed E-state index contributed by atoms with van der Waals surface area (Å²) in [5, 5.41) is 9.56. The van der Waals surface area contributed by atoms with Crippen molar-refractivity contribution in [1.29, 1.82) is 0 Å². The van der Waals surface area contributed by atoms with Gasteiger partial charge < -0.3 is 9.64 Å². The van der Waals surface area contributed by atoms with Gasteiger partial charge in [-0.25, -0.2) is 0 Å². The fourth-order valence-electron chi connectivity index (χ4n) is 4.15. The lowest BCUT2D eigenvalue weighted by Gasteiger charge is -2.45. The summed E-state index contributed by atoms with van der Waals surface area (Å²) in [5.41, 5.74) is 2.92. The van der Waals surface area contributed by atoms with E-state index >= 15 is 0 Å². The van der Waals surface area contributed by atoms with E-state index in [1.54, 1.807) is 12.4 Å². The van der Waals surface area contributed by atoms with Crippen LogP contribution in [0.15, 0.2) is 54.9 Å². The van der Waals surface area contributed by atoms with Gasteiger partial charge in [0.05, 0.1) is 10.7 Å². The average Bonchev–Trinajstić information content (AvgIpc) is 2.76. The minimum atomic E-state index is -0.114. The van der Waals surface area contributed by atoms with Crippen molar-refractivity contribution in [1.82, 2.24) is 15.2 Å². The van der Waals surface area contributed by atoms with Crippen LogP contribution >= 0.6 is 11.6 Å². The van der Waals surface area contributed by atoms with E-state index in [0.29, 0.717) is 0 Å². The predicted octanol–water partition coefficient (Wildman–Crippen LogP) is 4.56. The Labute approximate surface area is 169 Å². The van der Waals surface area contributed by atoms with Gasteiger partial charge in [0.1, 0.15) is 11.4 Å². The molecule has 1 aromatic carbocycles. The molecule has 142 valence electrons. The molecule has 2 aliphatic rings. The van der Waals surface area contributed by atoms with Gasteiger partial charge in [0.15, 0.2) is 5.82 Å². The van der Waals surface area contributed by atoms with Crippen LogP contribution in [0.3, 0.4) is 0 Å². The first-order valence-electron chi connectivity index (χ1n) is 9.68. The van der Waals surface area contributed by atoms with E-state index in [9.17, 15) is 0 Å². The van der Waals surface area contributed by atoms with Gasteiger partial charge in [-0.3, -0.25) is 4.98 Å². The van der Waals surface area contributed by atoms with Gasteiger partial charge in [0.2, 0.25) is 0 Å². The first-order chi connectivity index (χ1) is 13.7. The lowest BCUT2D eigenvalue weighted by Crippen LogP contribution is -2.50. The van der Waals surface area contributed by atoms with Gasteiger partial charge in [-0.2, -0.15) is 0 Å². The Morgan fingerprint density at radius 2 is 1.86 bits per heavy atom. The molecule has 4 heterocycles. The second-order valence-electron chi connectivity index (χ2n) is 7.52. The lowest BCUT2D eigenvalue weighted by molar-refractivity contribution is 0.0225. The molecule has 1 fully saturated rings. The molecular weight excluding hydrogens is 372 g/mol. The molecule has 0 unspecified atom stereocenters. The van der Waals surface area contributed by atoms with Crippen molar-refractivity contribution in [2.45, 2.75) is 31.3 Å². The number of para-hydroxylation sites is 1. The second kappa shape index (κ2) is 7.06. The van der Waals surface area contributed by atoms with Crippen molar-refractivity contribution < 1.29 is 4.74 Å². The van der Waals surface area contributed by atoms with Gasteiger partial charge in [-0.15, -0.1) is 10.2 Å². The summed E-state index contributed by atoms with van der Waals surface area (Å²) < 4.78 is 6.45. The third kappa shape index (κ3) is 3.20. The topological polar surface area (TPSA) is 51.1 Å². The molecule has 1 spiro atoms. The molecule has 5 rings (SSSR count). The van der Waals surface area contributed by atoms with E-state index in [-0.39, 0.29) is 5.60 Å². The smallest absolute Gasteiger partial charge is 0.151 e. The number of rotatable bonds is 2. The van der Waals surface area contributed by atoms with Crippen molar-refractivity contribution in [3.63, 3.8) is 0 Å². The molecule has 1 saturated heterocycles. The normalized spacial score (nSPS) is 17.8.